The smallest absolute Gasteiger partial charge is 0.268 e. The van der Waals surface area contributed by atoms with Crippen LogP contribution in [-0.4, -0.2) is 38.3 Å². The molecule has 1 aromatic rings. The minimum atomic E-state index is -1.42. The maximum absolute atomic E-state index is 10.7. The normalized spacial score (nSPS) is 25.1. The molecule has 0 aliphatic carbocycles. The van der Waals surface area contributed by atoms with Gasteiger partial charge in [-0.2, -0.15) is 0 Å². The highest BCUT2D eigenvalue weighted by Gasteiger charge is 2.55. The molecule has 4 N–H and O–H groups in total. The second-order valence-corrected chi connectivity index (χ2v) is 5.21. The SMILES string of the molecule is CNC1(OC(C)C)OC(NC)(NC)c2ccccc2[C]1O. The molecule has 0 aromatic heterocycles. The number of aliphatic hydroxyl groups is 1. The van der Waals surface area contributed by atoms with Crippen LogP contribution in [0.3, 0.4) is 0 Å². The first-order valence-corrected chi connectivity index (χ1v) is 7.05. The van der Waals surface area contributed by atoms with E-state index in [-0.39, 0.29) is 12.2 Å². The van der Waals surface area contributed by atoms with Crippen LogP contribution in [-0.2, 0) is 15.3 Å². The van der Waals surface area contributed by atoms with Gasteiger partial charge in [-0.05, 0) is 35.0 Å². The second-order valence-electron chi connectivity index (χ2n) is 5.21. The Hall–Kier alpha value is -1.02. The standard InChI is InChI=1S/C15H24N3O3/c1-10(2)20-15(18-5)13(19)11-8-6-7-9-12(11)14(16-3,17-4)21-15/h6-10,16-19H,1-5H3. The van der Waals surface area contributed by atoms with Crippen molar-refractivity contribution in [2.24, 2.45) is 0 Å². The first kappa shape index (κ1) is 16.4. The Kier molecular flexibility index (Phi) is 4.67. The van der Waals surface area contributed by atoms with E-state index in [0.29, 0.717) is 5.56 Å². The van der Waals surface area contributed by atoms with Gasteiger partial charge in [0.1, 0.15) is 0 Å². The quantitative estimate of drug-likeness (QED) is 0.603. The number of ether oxygens (including phenoxy) is 2. The highest BCUT2D eigenvalue weighted by Crippen LogP contribution is 2.42. The first-order valence-electron chi connectivity index (χ1n) is 7.05. The molecular formula is C15H24N3O3. The summed E-state index contributed by atoms with van der Waals surface area (Å²) in [4.78, 5) is 0. The van der Waals surface area contributed by atoms with Crippen molar-refractivity contribution < 1.29 is 14.6 Å². The number of hydrogen-bond donors (Lipinski definition) is 4. The summed E-state index contributed by atoms with van der Waals surface area (Å²) in [6, 6.07) is 7.50. The lowest BCUT2D eigenvalue weighted by atomic mass is 9.92. The van der Waals surface area contributed by atoms with Crippen molar-refractivity contribution in [2.75, 3.05) is 21.1 Å². The van der Waals surface area contributed by atoms with Crippen LogP contribution < -0.4 is 16.0 Å². The van der Waals surface area contributed by atoms with Crippen molar-refractivity contribution in [1.82, 2.24) is 16.0 Å². The Balaban J connectivity index is 2.60. The predicted molar refractivity (Wildman–Crippen MR) is 79.6 cm³/mol. The summed E-state index contributed by atoms with van der Waals surface area (Å²) in [5, 5.41) is 19.9. The first-order chi connectivity index (χ1) is 9.94. The fraction of sp³-hybridized carbons (Fsp3) is 0.533. The minimum Gasteiger partial charge on any atom is -0.375 e. The largest absolute Gasteiger partial charge is 0.375 e. The van der Waals surface area contributed by atoms with E-state index in [2.05, 4.69) is 16.0 Å². The lowest BCUT2D eigenvalue weighted by molar-refractivity contribution is -0.342. The molecule has 1 atom stereocenters. The highest BCUT2D eigenvalue weighted by molar-refractivity contribution is 5.43. The van der Waals surface area contributed by atoms with Gasteiger partial charge in [-0.3, -0.25) is 20.7 Å². The fourth-order valence-corrected chi connectivity index (χ4v) is 2.63. The zero-order chi connectivity index (χ0) is 15.7. The molecule has 0 amide bonds. The van der Waals surface area contributed by atoms with Crippen LogP contribution in [0.15, 0.2) is 24.3 Å². The number of hydrogen-bond acceptors (Lipinski definition) is 6. The monoisotopic (exact) mass is 294 g/mol. The lowest BCUT2D eigenvalue weighted by Crippen LogP contribution is -2.68. The van der Waals surface area contributed by atoms with Gasteiger partial charge in [-0.1, -0.05) is 24.3 Å². The molecule has 0 bridgehead atoms. The molecule has 6 heteroatoms. The predicted octanol–water partition coefficient (Wildman–Crippen LogP) is 0.817. The molecule has 0 fully saturated rings. The second kappa shape index (κ2) is 6.00. The fourth-order valence-electron chi connectivity index (χ4n) is 2.63. The molecule has 1 aliphatic heterocycles. The molecule has 6 nitrogen and oxygen atoms in total. The molecule has 1 unspecified atom stereocenters. The van der Waals surface area contributed by atoms with Crippen LogP contribution in [0, 0.1) is 6.10 Å². The molecule has 1 heterocycles. The minimum absolute atomic E-state index is 0.00965. The topological polar surface area (TPSA) is 74.8 Å². The summed E-state index contributed by atoms with van der Waals surface area (Å²) in [5.74, 6) is -2.39. The summed E-state index contributed by atoms with van der Waals surface area (Å²) in [6.45, 7) is 3.77. The molecule has 0 spiro atoms. The zero-order valence-electron chi connectivity index (χ0n) is 13.2. The average Bonchev–Trinajstić information content (AvgIpc) is 2.50. The van der Waals surface area contributed by atoms with Crippen LogP contribution in [0.1, 0.15) is 25.0 Å². The Bertz CT molecular complexity index is 491. The van der Waals surface area contributed by atoms with E-state index in [9.17, 15) is 5.11 Å². The number of fused-ring (bicyclic) bond motifs is 1. The molecule has 2 rings (SSSR count). The summed E-state index contributed by atoms with van der Waals surface area (Å²) in [7, 11) is 5.25. The molecule has 1 aromatic carbocycles. The van der Waals surface area contributed by atoms with Crippen molar-refractivity contribution >= 4 is 0 Å². The number of likely N-dealkylation sites (N-methyl/N-ethyl adjacent to an activating group) is 1. The van der Waals surface area contributed by atoms with Crippen molar-refractivity contribution in [2.45, 2.75) is 31.7 Å². The lowest BCUT2D eigenvalue weighted by Gasteiger charge is -2.50. The third-order valence-corrected chi connectivity index (χ3v) is 3.60. The summed E-state index contributed by atoms with van der Waals surface area (Å²) in [6.07, 6.45) is -0.133. The van der Waals surface area contributed by atoms with Gasteiger partial charge in [-0.25, -0.2) is 0 Å². The number of benzene rings is 1. The third kappa shape index (κ3) is 2.59. The molecular weight excluding hydrogens is 270 g/mol. The molecule has 1 radical (unpaired) electrons. The van der Waals surface area contributed by atoms with E-state index in [1.54, 1.807) is 21.1 Å². The Morgan fingerprint density at radius 3 is 2.24 bits per heavy atom. The van der Waals surface area contributed by atoms with Crippen LogP contribution >= 0.6 is 0 Å². The van der Waals surface area contributed by atoms with Crippen LogP contribution in [0.2, 0.25) is 0 Å². The van der Waals surface area contributed by atoms with Gasteiger partial charge in [-0.15, -0.1) is 0 Å². The van der Waals surface area contributed by atoms with E-state index >= 15 is 0 Å². The van der Waals surface area contributed by atoms with E-state index in [1.807, 2.05) is 38.1 Å². The molecule has 0 saturated carbocycles. The van der Waals surface area contributed by atoms with Gasteiger partial charge in [0.15, 0.2) is 6.10 Å². The van der Waals surface area contributed by atoms with Gasteiger partial charge in [0.05, 0.1) is 6.10 Å². The summed E-state index contributed by atoms with van der Waals surface area (Å²) >= 11 is 0. The van der Waals surface area contributed by atoms with Gasteiger partial charge in [0.25, 0.3) is 5.91 Å². The van der Waals surface area contributed by atoms with Crippen molar-refractivity contribution in [3.05, 3.63) is 41.5 Å². The molecule has 117 valence electrons. The van der Waals surface area contributed by atoms with E-state index < -0.39 is 11.8 Å². The molecule has 0 saturated heterocycles. The van der Waals surface area contributed by atoms with Gasteiger partial charge in [0.2, 0.25) is 5.85 Å². The van der Waals surface area contributed by atoms with Gasteiger partial charge < -0.3 is 9.84 Å². The van der Waals surface area contributed by atoms with E-state index in [1.165, 1.54) is 0 Å². The zero-order valence-corrected chi connectivity index (χ0v) is 13.2. The van der Waals surface area contributed by atoms with Crippen molar-refractivity contribution in [3.8, 4) is 0 Å². The Morgan fingerprint density at radius 2 is 1.71 bits per heavy atom. The summed E-state index contributed by atoms with van der Waals surface area (Å²) < 4.78 is 12.0. The van der Waals surface area contributed by atoms with Gasteiger partial charge >= 0.3 is 0 Å². The number of rotatable bonds is 5. The molecule has 1 aliphatic rings. The van der Waals surface area contributed by atoms with Crippen molar-refractivity contribution in [3.63, 3.8) is 0 Å². The van der Waals surface area contributed by atoms with E-state index in [4.69, 9.17) is 9.47 Å². The van der Waals surface area contributed by atoms with Crippen LogP contribution in [0.25, 0.3) is 0 Å². The summed E-state index contributed by atoms with van der Waals surface area (Å²) in [5.41, 5.74) is 1.47. The third-order valence-electron chi connectivity index (χ3n) is 3.60. The Morgan fingerprint density at radius 1 is 1.10 bits per heavy atom. The maximum Gasteiger partial charge on any atom is 0.268 e. The Labute approximate surface area is 125 Å². The van der Waals surface area contributed by atoms with Gasteiger partial charge in [0, 0.05) is 11.1 Å². The van der Waals surface area contributed by atoms with Crippen molar-refractivity contribution in [1.29, 1.82) is 0 Å². The van der Waals surface area contributed by atoms with E-state index in [0.717, 1.165) is 5.56 Å². The average molecular weight is 294 g/mol. The highest BCUT2D eigenvalue weighted by atomic mass is 16.8. The number of aliphatic hydroxyl groups excluding tert-OH is 1. The molecule has 21 heavy (non-hydrogen) atoms. The number of nitrogens with one attached hydrogen (secondary N) is 3. The van der Waals surface area contributed by atoms with Crippen LogP contribution in [0.5, 0.6) is 0 Å². The maximum atomic E-state index is 10.7. The van der Waals surface area contributed by atoms with Crippen LogP contribution in [0.4, 0.5) is 0 Å².